The van der Waals surface area contributed by atoms with E-state index >= 15 is 0 Å². The Labute approximate surface area is 227 Å². The van der Waals surface area contributed by atoms with E-state index in [-0.39, 0.29) is 22.8 Å². The Kier molecular flexibility index (Phi) is 5.30. The van der Waals surface area contributed by atoms with Crippen LogP contribution in [0.3, 0.4) is 0 Å². The van der Waals surface area contributed by atoms with Crippen molar-refractivity contribution in [3.05, 3.63) is 46.0 Å². The minimum atomic E-state index is -3.05. The molecule has 2 aromatic rings. The molecule has 0 saturated heterocycles. The van der Waals surface area contributed by atoms with Gasteiger partial charge < -0.3 is 0 Å². The Balaban J connectivity index is 1.13. The molecule has 0 aliphatic heterocycles. The van der Waals surface area contributed by atoms with E-state index in [0.717, 1.165) is 52.9 Å². The van der Waals surface area contributed by atoms with Gasteiger partial charge in [0.1, 0.15) is 0 Å². The van der Waals surface area contributed by atoms with E-state index in [9.17, 15) is 9.59 Å². The molecule has 2 aromatic carbocycles. The van der Waals surface area contributed by atoms with Crippen LogP contribution in [-0.2, 0) is 15.7 Å². The standard InChI is InChI=1S/C32H37IO4/c34-29(31-14-20-8-21(15-31)10-22(9-20)16-31)36-33(28-7-3-5-26-4-1-2-6-27(26)28)37-30(35)32-17-23-11-24(18-32)13-25(12-23)19-32/h1-7,20-25H,8-19H2. The van der Waals surface area contributed by atoms with Gasteiger partial charge in [-0.2, -0.15) is 0 Å². The summed E-state index contributed by atoms with van der Waals surface area (Å²) in [6.07, 6.45) is 13.6. The Morgan fingerprint density at radius 3 is 1.46 bits per heavy atom. The summed E-state index contributed by atoms with van der Waals surface area (Å²) in [6, 6.07) is 14.4. The molecular formula is C32H37IO4. The normalized spacial score (nSPS) is 41.1. The SMILES string of the molecule is O=C(OI(OC(=O)C12CC3CC(CC(C3)C1)C2)c1cccc2ccccc12)C12CC3CC(CC(C3)C1)C2. The van der Waals surface area contributed by atoms with Crippen molar-refractivity contribution in [1.29, 1.82) is 0 Å². The van der Waals surface area contributed by atoms with Crippen LogP contribution in [-0.4, -0.2) is 11.9 Å². The van der Waals surface area contributed by atoms with Gasteiger partial charge in [0.2, 0.25) is 0 Å². The molecule has 0 N–H and O–H groups in total. The molecule has 0 amide bonds. The van der Waals surface area contributed by atoms with Crippen LogP contribution in [0.5, 0.6) is 0 Å². The minimum absolute atomic E-state index is 0.0527. The molecule has 10 rings (SSSR count). The van der Waals surface area contributed by atoms with Crippen molar-refractivity contribution in [3.63, 3.8) is 0 Å². The van der Waals surface area contributed by atoms with Crippen LogP contribution >= 0.6 is 20.6 Å². The molecule has 0 heterocycles. The van der Waals surface area contributed by atoms with Crippen molar-refractivity contribution in [2.75, 3.05) is 0 Å². The Morgan fingerprint density at radius 1 is 0.595 bits per heavy atom. The van der Waals surface area contributed by atoms with Crippen LogP contribution in [0.4, 0.5) is 0 Å². The summed E-state index contributed by atoms with van der Waals surface area (Å²) in [5, 5.41) is 2.17. The molecule has 0 unspecified atom stereocenters. The topological polar surface area (TPSA) is 52.6 Å². The van der Waals surface area contributed by atoms with Crippen LogP contribution in [0.2, 0.25) is 0 Å². The van der Waals surface area contributed by atoms with Crippen molar-refractivity contribution in [3.8, 4) is 0 Å². The number of carbonyl (C=O) groups excluding carboxylic acids is 2. The monoisotopic (exact) mass is 612 g/mol. The van der Waals surface area contributed by atoms with Gasteiger partial charge >= 0.3 is 229 Å². The summed E-state index contributed by atoms with van der Waals surface area (Å²) in [7, 11) is 0. The molecule has 8 aliphatic rings. The number of halogens is 1. The van der Waals surface area contributed by atoms with Gasteiger partial charge in [0.05, 0.1) is 0 Å². The molecule has 8 aliphatic carbocycles. The zero-order chi connectivity index (χ0) is 24.8. The fourth-order valence-electron chi connectivity index (χ4n) is 10.4. The molecule has 8 bridgehead atoms. The van der Waals surface area contributed by atoms with Crippen LogP contribution < -0.4 is 0 Å². The first kappa shape index (κ1) is 23.3. The van der Waals surface area contributed by atoms with E-state index in [1.54, 1.807) is 0 Å². The molecule has 0 atom stereocenters. The molecule has 0 radical (unpaired) electrons. The maximum absolute atomic E-state index is 14.1. The van der Waals surface area contributed by atoms with E-state index in [1.165, 1.54) is 38.5 Å². The summed E-state index contributed by atoms with van der Waals surface area (Å²) in [5.41, 5.74) is -0.690. The van der Waals surface area contributed by atoms with Gasteiger partial charge in [-0.3, -0.25) is 0 Å². The van der Waals surface area contributed by atoms with Crippen LogP contribution in [0.1, 0.15) is 77.0 Å². The molecule has 4 nitrogen and oxygen atoms in total. The van der Waals surface area contributed by atoms with Crippen molar-refractivity contribution < 1.29 is 15.7 Å². The van der Waals surface area contributed by atoms with Crippen molar-refractivity contribution in [2.45, 2.75) is 77.0 Å². The van der Waals surface area contributed by atoms with E-state index in [2.05, 4.69) is 18.2 Å². The average molecular weight is 613 g/mol. The molecule has 8 saturated carbocycles. The van der Waals surface area contributed by atoms with Gasteiger partial charge in [-0.05, 0) is 0 Å². The Bertz CT molecular complexity index is 1130. The maximum atomic E-state index is 14.1. The van der Waals surface area contributed by atoms with Crippen LogP contribution in [0, 0.1) is 49.9 Å². The van der Waals surface area contributed by atoms with Gasteiger partial charge in [0.25, 0.3) is 0 Å². The fraction of sp³-hybridized carbons (Fsp3) is 0.625. The molecule has 196 valence electrons. The first-order valence-corrected chi connectivity index (χ1v) is 17.4. The Morgan fingerprint density at radius 2 is 1.00 bits per heavy atom. The first-order chi connectivity index (χ1) is 18.0. The predicted molar refractivity (Wildman–Crippen MR) is 150 cm³/mol. The summed E-state index contributed by atoms with van der Waals surface area (Å²) >= 11 is -3.05. The molecule has 0 spiro atoms. The number of fused-ring (bicyclic) bond motifs is 1. The van der Waals surface area contributed by atoms with Crippen molar-refractivity contribution in [1.82, 2.24) is 0 Å². The van der Waals surface area contributed by atoms with Gasteiger partial charge in [0.15, 0.2) is 0 Å². The molecule has 0 aromatic heterocycles. The third kappa shape index (κ3) is 3.80. The van der Waals surface area contributed by atoms with E-state index in [1.807, 2.05) is 24.3 Å². The van der Waals surface area contributed by atoms with Gasteiger partial charge in [-0.15, -0.1) is 0 Å². The number of hydrogen-bond acceptors (Lipinski definition) is 4. The third-order valence-corrected chi connectivity index (χ3v) is 14.6. The summed E-state index contributed by atoms with van der Waals surface area (Å²) in [5.74, 6) is 3.94. The number of carbonyl (C=O) groups is 2. The second kappa shape index (κ2) is 8.43. The number of rotatable bonds is 5. The molecule has 37 heavy (non-hydrogen) atoms. The van der Waals surface area contributed by atoms with E-state index in [4.69, 9.17) is 6.13 Å². The third-order valence-electron chi connectivity index (χ3n) is 11.1. The second-order valence-electron chi connectivity index (χ2n) is 13.8. The van der Waals surface area contributed by atoms with Crippen LogP contribution in [0.25, 0.3) is 10.8 Å². The van der Waals surface area contributed by atoms with Crippen molar-refractivity contribution in [2.24, 2.45) is 46.3 Å². The number of benzene rings is 2. The fourth-order valence-corrected chi connectivity index (χ4v) is 14.1. The summed E-state index contributed by atoms with van der Waals surface area (Å²) in [4.78, 5) is 28.1. The summed E-state index contributed by atoms with van der Waals surface area (Å²) in [6.45, 7) is 0. The van der Waals surface area contributed by atoms with Crippen molar-refractivity contribution >= 4 is 43.4 Å². The quantitative estimate of drug-likeness (QED) is 0.323. The van der Waals surface area contributed by atoms with Crippen LogP contribution in [0.15, 0.2) is 42.5 Å². The summed E-state index contributed by atoms with van der Waals surface area (Å²) < 4.78 is 14.0. The molecule has 8 fully saturated rings. The van der Waals surface area contributed by atoms with E-state index < -0.39 is 20.6 Å². The van der Waals surface area contributed by atoms with E-state index in [0.29, 0.717) is 35.5 Å². The van der Waals surface area contributed by atoms with Gasteiger partial charge in [-0.1, -0.05) is 0 Å². The zero-order valence-electron chi connectivity index (χ0n) is 21.5. The predicted octanol–water partition coefficient (Wildman–Crippen LogP) is 7.87. The molecular weight excluding hydrogens is 575 g/mol. The number of hydrogen-bond donors (Lipinski definition) is 0. The molecule has 5 heteroatoms. The Hall–Kier alpha value is -1.63. The van der Waals surface area contributed by atoms with Gasteiger partial charge in [-0.25, -0.2) is 0 Å². The zero-order valence-corrected chi connectivity index (χ0v) is 23.7. The van der Waals surface area contributed by atoms with Gasteiger partial charge in [0, 0.05) is 0 Å². The average Bonchev–Trinajstić information content (AvgIpc) is 2.86. The first-order valence-electron chi connectivity index (χ1n) is 14.6. The second-order valence-corrected chi connectivity index (χ2v) is 17.1.